The average Bonchev–Trinajstić information content (AvgIpc) is 3.09. The summed E-state index contributed by atoms with van der Waals surface area (Å²) in [6, 6.07) is 16.2. The van der Waals surface area contributed by atoms with E-state index in [0.29, 0.717) is 14.5 Å². The quantitative estimate of drug-likeness (QED) is 0.421. The Labute approximate surface area is 196 Å². The van der Waals surface area contributed by atoms with E-state index in [-0.39, 0.29) is 19.1 Å². The molecule has 0 bridgehead atoms. The minimum absolute atomic E-state index is 0.0441. The van der Waals surface area contributed by atoms with Crippen LogP contribution in [0.5, 0.6) is 0 Å². The molecule has 0 saturated heterocycles. The molecule has 1 amide bonds. The van der Waals surface area contributed by atoms with Gasteiger partial charge in [-0.05, 0) is 54.1 Å². The SMILES string of the molecule is O=C(NCC(O)C(O)c1c(Br)cncc1Br)OCC1c2ccccc2-c2ccccc21. The van der Waals surface area contributed by atoms with E-state index in [9.17, 15) is 15.0 Å². The minimum atomic E-state index is -1.23. The lowest BCUT2D eigenvalue weighted by Gasteiger charge is -2.21. The van der Waals surface area contributed by atoms with E-state index >= 15 is 0 Å². The molecule has 0 aliphatic heterocycles. The zero-order valence-electron chi connectivity index (χ0n) is 16.3. The molecule has 2 unspecified atom stereocenters. The monoisotopic (exact) mass is 546 g/mol. The normalized spacial score (nSPS) is 14.5. The third kappa shape index (κ3) is 4.52. The van der Waals surface area contributed by atoms with Crippen molar-refractivity contribution in [2.24, 2.45) is 0 Å². The third-order valence-corrected chi connectivity index (χ3v) is 6.61. The summed E-state index contributed by atoms with van der Waals surface area (Å²) >= 11 is 6.62. The maximum absolute atomic E-state index is 12.3. The van der Waals surface area contributed by atoms with Gasteiger partial charge < -0.3 is 20.3 Å². The minimum Gasteiger partial charge on any atom is -0.449 e. The number of nitrogens with zero attached hydrogens (tertiary/aromatic N) is 1. The first-order valence-corrected chi connectivity index (χ1v) is 11.3. The van der Waals surface area contributed by atoms with Gasteiger partial charge in [0.1, 0.15) is 18.8 Å². The van der Waals surface area contributed by atoms with Crippen LogP contribution in [0.25, 0.3) is 11.1 Å². The van der Waals surface area contributed by atoms with Gasteiger partial charge in [0.2, 0.25) is 0 Å². The van der Waals surface area contributed by atoms with Crippen LogP contribution in [0.4, 0.5) is 4.79 Å². The van der Waals surface area contributed by atoms with Gasteiger partial charge >= 0.3 is 6.09 Å². The van der Waals surface area contributed by atoms with Crippen molar-refractivity contribution in [2.75, 3.05) is 13.2 Å². The van der Waals surface area contributed by atoms with E-state index in [1.165, 1.54) is 12.4 Å². The number of halogens is 2. The molecule has 3 aromatic rings. The number of pyridine rings is 1. The van der Waals surface area contributed by atoms with Crippen LogP contribution in [0.3, 0.4) is 0 Å². The highest BCUT2D eigenvalue weighted by Gasteiger charge is 2.29. The topological polar surface area (TPSA) is 91.7 Å². The van der Waals surface area contributed by atoms with Crippen molar-refractivity contribution in [1.29, 1.82) is 0 Å². The van der Waals surface area contributed by atoms with Crippen molar-refractivity contribution in [3.05, 3.63) is 86.6 Å². The van der Waals surface area contributed by atoms with Gasteiger partial charge in [-0.15, -0.1) is 0 Å². The zero-order valence-corrected chi connectivity index (χ0v) is 19.5. The maximum Gasteiger partial charge on any atom is 0.407 e. The Morgan fingerprint density at radius 2 is 1.55 bits per heavy atom. The number of hydrogen-bond acceptors (Lipinski definition) is 5. The fraction of sp³-hybridized carbons (Fsp3) is 0.217. The highest BCUT2D eigenvalue weighted by atomic mass is 79.9. The first-order chi connectivity index (χ1) is 15.0. The number of rotatable bonds is 6. The molecule has 2 aromatic carbocycles. The van der Waals surface area contributed by atoms with Crippen molar-refractivity contribution in [3.8, 4) is 11.1 Å². The molecule has 8 heteroatoms. The van der Waals surface area contributed by atoms with Crippen LogP contribution in [0.1, 0.15) is 28.7 Å². The number of ether oxygens (including phenoxy) is 1. The molecule has 4 rings (SSSR count). The summed E-state index contributed by atoms with van der Waals surface area (Å²) in [5.41, 5.74) is 5.01. The highest BCUT2D eigenvalue weighted by molar-refractivity contribution is 9.11. The summed E-state index contributed by atoms with van der Waals surface area (Å²) < 4.78 is 6.55. The fourth-order valence-corrected chi connectivity index (χ4v) is 5.24. The lowest BCUT2D eigenvalue weighted by atomic mass is 9.98. The van der Waals surface area contributed by atoms with Crippen molar-refractivity contribution >= 4 is 38.0 Å². The summed E-state index contributed by atoms with van der Waals surface area (Å²) in [7, 11) is 0. The molecular weight excluding hydrogens is 528 g/mol. The van der Waals surface area contributed by atoms with Crippen molar-refractivity contribution in [3.63, 3.8) is 0 Å². The first kappa shape index (κ1) is 22.0. The van der Waals surface area contributed by atoms with Gasteiger partial charge in [0.05, 0.1) is 0 Å². The highest BCUT2D eigenvalue weighted by Crippen LogP contribution is 2.44. The lowest BCUT2D eigenvalue weighted by molar-refractivity contribution is 0.0177. The van der Waals surface area contributed by atoms with E-state index < -0.39 is 18.3 Å². The summed E-state index contributed by atoms with van der Waals surface area (Å²) in [5, 5.41) is 23.3. The van der Waals surface area contributed by atoms with Crippen LogP contribution < -0.4 is 5.32 Å². The van der Waals surface area contributed by atoms with E-state index in [4.69, 9.17) is 4.74 Å². The van der Waals surface area contributed by atoms with Crippen LogP contribution in [-0.4, -0.2) is 40.5 Å². The third-order valence-electron chi connectivity index (χ3n) is 5.35. The largest absolute Gasteiger partial charge is 0.449 e. The van der Waals surface area contributed by atoms with E-state index in [2.05, 4.69) is 54.3 Å². The standard InChI is InChI=1S/C23H20Br2N2O4/c24-18-9-26-10-19(25)21(18)22(29)20(28)11-27-23(30)31-12-17-15-7-3-1-5-13(15)14-6-2-4-8-16(14)17/h1-10,17,20,22,28-29H,11-12H2,(H,27,30). The molecule has 3 N–H and O–H groups in total. The number of amides is 1. The Kier molecular flexibility index (Phi) is 6.71. The van der Waals surface area contributed by atoms with Gasteiger partial charge in [-0.1, -0.05) is 48.5 Å². The summed E-state index contributed by atoms with van der Waals surface area (Å²) in [5.74, 6) is -0.0441. The van der Waals surface area contributed by atoms with Crippen LogP contribution in [0.15, 0.2) is 69.9 Å². The van der Waals surface area contributed by atoms with Gasteiger partial charge in [-0.2, -0.15) is 0 Å². The van der Waals surface area contributed by atoms with Crippen LogP contribution in [0.2, 0.25) is 0 Å². The van der Waals surface area contributed by atoms with E-state index in [0.717, 1.165) is 22.3 Å². The maximum atomic E-state index is 12.3. The molecule has 31 heavy (non-hydrogen) atoms. The predicted octanol–water partition coefficient (Wildman–Crippen LogP) is 4.54. The van der Waals surface area contributed by atoms with Crippen LogP contribution >= 0.6 is 31.9 Å². The van der Waals surface area contributed by atoms with Crippen molar-refractivity contribution in [1.82, 2.24) is 10.3 Å². The average molecular weight is 548 g/mol. The molecule has 2 atom stereocenters. The van der Waals surface area contributed by atoms with Crippen LogP contribution in [0, 0.1) is 0 Å². The second-order valence-electron chi connectivity index (χ2n) is 7.24. The summed E-state index contributed by atoms with van der Waals surface area (Å²) in [6.07, 6.45) is -0.0543. The number of alkyl carbamates (subject to hydrolysis) is 1. The van der Waals surface area contributed by atoms with Gasteiger partial charge in [0.15, 0.2) is 0 Å². The number of hydrogen-bond donors (Lipinski definition) is 3. The molecule has 1 heterocycles. The van der Waals surface area contributed by atoms with Gasteiger partial charge in [-0.3, -0.25) is 4.98 Å². The fourth-order valence-electron chi connectivity index (χ4n) is 3.85. The molecule has 0 saturated carbocycles. The van der Waals surface area contributed by atoms with E-state index in [1.807, 2.05) is 36.4 Å². The number of nitrogens with one attached hydrogen (secondary N) is 1. The number of aliphatic hydroxyl groups excluding tert-OH is 2. The van der Waals surface area contributed by atoms with Crippen LogP contribution in [-0.2, 0) is 4.74 Å². The number of aromatic nitrogens is 1. The second kappa shape index (κ2) is 9.48. The second-order valence-corrected chi connectivity index (χ2v) is 8.94. The first-order valence-electron chi connectivity index (χ1n) is 9.71. The molecule has 0 spiro atoms. The van der Waals surface area contributed by atoms with E-state index in [1.54, 1.807) is 0 Å². The number of benzene rings is 2. The number of fused-ring (bicyclic) bond motifs is 3. The summed E-state index contributed by atoms with van der Waals surface area (Å²) in [6.45, 7) is 0.0129. The van der Waals surface area contributed by atoms with Crippen molar-refractivity contribution in [2.45, 2.75) is 18.1 Å². The molecule has 0 fully saturated rings. The van der Waals surface area contributed by atoms with Crippen molar-refractivity contribution < 1.29 is 19.7 Å². The Morgan fingerprint density at radius 3 is 2.13 bits per heavy atom. The Morgan fingerprint density at radius 1 is 1.00 bits per heavy atom. The molecule has 1 aliphatic carbocycles. The molecule has 160 valence electrons. The molecule has 6 nitrogen and oxygen atoms in total. The number of carbonyl (C=O) groups excluding carboxylic acids is 1. The Hall–Kier alpha value is -2.26. The zero-order chi connectivity index (χ0) is 22.0. The Bertz CT molecular complexity index is 1040. The Balaban J connectivity index is 1.36. The molecule has 1 aromatic heterocycles. The summed E-state index contributed by atoms with van der Waals surface area (Å²) in [4.78, 5) is 16.2. The molecule has 0 radical (unpaired) electrons. The smallest absolute Gasteiger partial charge is 0.407 e. The number of aliphatic hydroxyl groups is 2. The predicted molar refractivity (Wildman–Crippen MR) is 124 cm³/mol. The lowest BCUT2D eigenvalue weighted by Crippen LogP contribution is -2.36. The van der Waals surface area contributed by atoms with Gasteiger partial charge in [0, 0.05) is 39.4 Å². The molecule has 1 aliphatic rings. The molecular formula is C23H20Br2N2O4. The van der Waals surface area contributed by atoms with Gasteiger partial charge in [-0.25, -0.2) is 4.79 Å². The number of carbonyl (C=O) groups is 1. The van der Waals surface area contributed by atoms with Gasteiger partial charge in [0.25, 0.3) is 0 Å².